The molecule has 1 atom stereocenters. The van der Waals surface area contributed by atoms with Gasteiger partial charge in [0.1, 0.15) is 6.29 Å². The smallest absolute Gasteiger partial charge is 0.149 e. The number of hydrogen-bond donors (Lipinski definition) is 3. The summed E-state index contributed by atoms with van der Waals surface area (Å²) in [6.45, 7) is 1.77. The molecule has 0 amide bonds. The van der Waals surface area contributed by atoms with Gasteiger partial charge in [-0.25, -0.2) is 0 Å². The van der Waals surface area contributed by atoms with Crippen molar-refractivity contribution in [3.63, 3.8) is 0 Å². The molecular weight excluding hydrogens is 359 g/mol. The fourth-order valence-electron chi connectivity index (χ4n) is 2.64. The van der Waals surface area contributed by atoms with Gasteiger partial charge in [-0.05, 0) is 36.4 Å². The van der Waals surface area contributed by atoms with E-state index in [1.807, 2.05) is 30.3 Å². The third-order valence-electron chi connectivity index (χ3n) is 3.96. The second kappa shape index (κ2) is 8.02. The number of nitriles is 1. The van der Waals surface area contributed by atoms with Crippen LogP contribution in [0.3, 0.4) is 0 Å². The minimum absolute atomic E-state index is 0.217. The van der Waals surface area contributed by atoms with Crippen molar-refractivity contribution in [1.82, 2.24) is 15.2 Å². The summed E-state index contributed by atoms with van der Waals surface area (Å²) in [6.07, 6.45) is -0.217. The van der Waals surface area contributed by atoms with Crippen LogP contribution in [0, 0.1) is 11.3 Å². The number of anilines is 1. The van der Waals surface area contributed by atoms with Gasteiger partial charge in [-0.15, -0.1) is 0 Å². The molecule has 2 aromatic rings. The molecule has 2 aromatic carbocycles. The predicted molar refractivity (Wildman–Crippen MR) is 99.5 cm³/mol. The lowest BCUT2D eigenvalue weighted by Crippen LogP contribution is -2.64. The van der Waals surface area contributed by atoms with E-state index < -0.39 is 0 Å². The maximum absolute atomic E-state index is 8.85. The Hall–Kier alpha value is -1.85. The number of nitrogens with one attached hydrogen (secondary N) is 2. The van der Waals surface area contributed by atoms with Gasteiger partial charge in [0.15, 0.2) is 0 Å². The van der Waals surface area contributed by atoms with E-state index in [-0.39, 0.29) is 6.29 Å². The van der Waals surface area contributed by atoms with E-state index in [9.17, 15) is 0 Å². The Balaban J connectivity index is 1.59. The van der Waals surface area contributed by atoms with Crippen molar-refractivity contribution in [2.75, 3.05) is 18.7 Å². The fraction of sp³-hybridized carbons (Fsp3) is 0.235. The molecule has 25 heavy (non-hydrogen) atoms. The number of halogens is 2. The van der Waals surface area contributed by atoms with Crippen LogP contribution in [-0.4, -0.2) is 29.5 Å². The van der Waals surface area contributed by atoms with Crippen LogP contribution in [0.1, 0.15) is 11.1 Å². The Morgan fingerprint density at radius 1 is 1.20 bits per heavy atom. The summed E-state index contributed by atoms with van der Waals surface area (Å²) < 4.78 is 0. The molecule has 1 aliphatic heterocycles. The van der Waals surface area contributed by atoms with Gasteiger partial charge in [-0.3, -0.25) is 16.1 Å². The minimum Gasteiger partial charge on any atom is -0.356 e. The molecule has 0 radical (unpaired) electrons. The molecule has 0 aromatic heterocycles. The third-order valence-corrected chi connectivity index (χ3v) is 4.67. The van der Waals surface area contributed by atoms with E-state index in [2.05, 4.69) is 21.6 Å². The van der Waals surface area contributed by atoms with Gasteiger partial charge in [0.25, 0.3) is 0 Å². The number of hydrazine groups is 1. The monoisotopic (exact) mass is 376 g/mol. The summed E-state index contributed by atoms with van der Waals surface area (Å²) in [5.74, 6) is 6.15. The first-order valence-electron chi connectivity index (χ1n) is 7.73. The molecule has 0 saturated carbocycles. The molecular formula is C17H18Cl2N6. The van der Waals surface area contributed by atoms with Crippen molar-refractivity contribution in [3.05, 3.63) is 63.6 Å². The number of nitrogens with zero attached hydrogens (tertiary/aromatic N) is 3. The highest BCUT2D eigenvalue weighted by molar-refractivity contribution is 6.35. The summed E-state index contributed by atoms with van der Waals surface area (Å²) in [6, 6.07) is 14.8. The zero-order chi connectivity index (χ0) is 17.8. The van der Waals surface area contributed by atoms with E-state index in [0.717, 1.165) is 11.3 Å². The number of benzene rings is 2. The number of nitrogens with two attached hydrogens (primary N) is 1. The van der Waals surface area contributed by atoms with Gasteiger partial charge in [0.2, 0.25) is 0 Å². The summed E-state index contributed by atoms with van der Waals surface area (Å²) >= 11 is 12.5. The molecule has 130 valence electrons. The first-order valence-corrected chi connectivity index (χ1v) is 8.49. The van der Waals surface area contributed by atoms with Crippen LogP contribution >= 0.6 is 23.2 Å². The zero-order valence-corrected chi connectivity index (χ0v) is 14.9. The molecule has 1 saturated heterocycles. The Kier molecular flexibility index (Phi) is 5.76. The van der Waals surface area contributed by atoms with Gasteiger partial charge in [0.05, 0.1) is 25.0 Å². The summed E-state index contributed by atoms with van der Waals surface area (Å²) in [7, 11) is 0. The Morgan fingerprint density at radius 2 is 1.88 bits per heavy atom. The minimum atomic E-state index is -0.217. The van der Waals surface area contributed by atoms with E-state index in [1.54, 1.807) is 17.1 Å². The van der Waals surface area contributed by atoms with E-state index in [1.165, 1.54) is 0 Å². The third kappa shape index (κ3) is 4.41. The highest BCUT2D eigenvalue weighted by Gasteiger charge is 2.24. The van der Waals surface area contributed by atoms with Crippen molar-refractivity contribution >= 4 is 28.9 Å². The molecule has 4 N–H and O–H groups in total. The normalized spacial score (nSPS) is 18.7. The molecule has 1 fully saturated rings. The predicted octanol–water partition coefficient (Wildman–Crippen LogP) is 2.76. The second-order valence-corrected chi connectivity index (χ2v) is 6.60. The molecule has 8 heteroatoms. The quantitative estimate of drug-likeness (QED) is 0.711. The van der Waals surface area contributed by atoms with Gasteiger partial charge in [0, 0.05) is 27.8 Å². The number of hydrogen-bond acceptors (Lipinski definition) is 6. The summed E-state index contributed by atoms with van der Waals surface area (Å²) in [4.78, 5) is 2.10. The van der Waals surface area contributed by atoms with Crippen LogP contribution in [0.5, 0.6) is 0 Å². The molecule has 0 bridgehead atoms. The molecule has 0 spiro atoms. The highest BCUT2D eigenvalue weighted by atomic mass is 35.5. The SMILES string of the molecule is N#Cc1ccc(NC2NCN(Cc3c(Cl)cccc3Cl)CN2N)cc1. The first-order chi connectivity index (χ1) is 12.1. The van der Waals surface area contributed by atoms with Crippen molar-refractivity contribution in [2.45, 2.75) is 12.8 Å². The van der Waals surface area contributed by atoms with E-state index in [4.69, 9.17) is 34.3 Å². The van der Waals surface area contributed by atoms with Crippen molar-refractivity contribution < 1.29 is 0 Å². The van der Waals surface area contributed by atoms with Crippen molar-refractivity contribution in [1.29, 1.82) is 5.26 Å². The van der Waals surface area contributed by atoms with Crippen LogP contribution in [-0.2, 0) is 6.54 Å². The zero-order valence-electron chi connectivity index (χ0n) is 13.4. The molecule has 3 rings (SSSR count). The lowest BCUT2D eigenvalue weighted by molar-refractivity contribution is 0.0219. The Bertz CT molecular complexity index is 753. The topological polar surface area (TPSA) is 80.4 Å². The Morgan fingerprint density at radius 3 is 2.48 bits per heavy atom. The molecule has 1 aliphatic rings. The van der Waals surface area contributed by atoms with Crippen LogP contribution < -0.4 is 16.5 Å². The van der Waals surface area contributed by atoms with Crippen molar-refractivity contribution in [2.24, 2.45) is 5.84 Å². The highest BCUT2D eigenvalue weighted by Crippen LogP contribution is 2.26. The van der Waals surface area contributed by atoms with Crippen LogP contribution in [0.4, 0.5) is 5.69 Å². The van der Waals surface area contributed by atoms with Gasteiger partial charge < -0.3 is 5.32 Å². The summed E-state index contributed by atoms with van der Waals surface area (Å²) in [5.41, 5.74) is 2.39. The van der Waals surface area contributed by atoms with Crippen LogP contribution in [0.2, 0.25) is 10.0 Å². The van der Waals surface area contributed by atoms with Gasteiger partial charge in [-0.1, -0.05) is 29.3 Å². The lowest BCUT2D eigenvalue weighted by Gasteiger charge is -2.40. The second-order valence-electron chi connectivity index (χ2n) is 5.78. The largest absolute Gasteiger partial charge is 0.356 e. The van der Waals surface area contributed by atoms with Crippen LogP contribution in [0.15, 0.2) is 42.5 Å². The molecule has 0 aliphatic carbocycles. The molecule has 1 unspecified atom stereocenters. The molecule has 1 heterocycles. The van der Waals surface area contributed by atoms with Gasteiger partial charge in [-0.2, -0.15) is 10.3 Å². The average Bonchev–Trinajstić information content (AvgIpc) is 2.61. The van der Waals surface area contributed by atoms with Crippen LogP contribution in [0.25, 0.3) is 0 Å². The van der Waals surface area contributed by atoms with Gasteiger partial charge >= 0.3 is 0 Å². The first kappa shape index (κ1) is 18.0. The Labute approximate surface area is 156 Å². The maximum Gasteiger partial charge on any atom is 0.149 e. The van der Waals surface area contributed by atoms with Crippen molar-refractivity contribution in [3.8, 4) is 6.07 Å². The van der Waals surface area contributed by atoms with E-state index >= 15 is 0 Å². The van der Waals surface area contributed by atoms with E-state index in [0.29, 0.717) is 35.5 Å². The standard InChI is InChI=1S/C17H18Cl2N6/c18-15-2-1-3-16(19)14(15)9-24-10-22-17(25(21)11-24)23-13-6-4-12(8-20)5-7-13/h1-7,17,22-23H,9-11,21H2. The maximum atomic E-state index is 8.85. The lowest BCUT2D eigenvalue weighted by atomic mass is 10.2. The number of rotatable bonds is 4. The summed E-state index contributed by atoms with van der Waals surface area (Å²) in [5, 5.41) is 18.4. The molecule has 6 nitrogen and oxygen atoms in total. The average molecular weight is 377 g/mol. The fourth-order valence-corrected chi connectivity index (χ4v) is 3.16.